The number of nitrogens with one attached hydrogen (secondary N) is 2. The highest BCUT2D eigenvalue weighted by molar-refractivity contribution is 5.81. The van der Waals surface area contributed by atoms with E-state index in [1.165, 1.54) is 25.9 Å². The van der Waals surface area contributed by atoms with Crippen LogP contribution in [0.5, 0.6) is 0 Å². The van der Waals surface area contributed by atoms with Gasteiger partial charge in [-0.15, -0.1) is 0 Å². The molecule has 0 radical (unpaired) electrons. The van der Waals surface area contributed by atoms with E-state index in [2.05, 4.69) is 22.5 Å². The molecule has 2 atom stereocenters. The third kappa shape index (κ3) is 5.52. The highest BCUT2D eigenvalue weighted by atomic mass is 16.3. The van der Waals surface area contributed by atoms with Gasteiger partial charge in [0.05, 0.1) is 18.8 Å². The quantitative estimate of drug-likeness (QED) is 0.764. The molecule has 0 aliphatic carbocycles. The minimum atomic E-state index is -0.180. The number of carbonyl (C=O) groups excluding carboxylic acids is 1. The minimum Gasteiger partial charge on any atom is -0.467 e. The highest BCUT2D eigenvalue weighted by Gasteiger charge is 2.17. The van der Waals surface area contributed by atoms with Gasteiger partial charge >= 0.3 is 0 Å². The van der Waals surface area contributed by atoms with Gasteiger partial charge in [0.2, 0.25) is 5.91 Å². The van der Waals surface area contributed by atoms with E-state index in [-0.39, 0.29) is 11.9 Å². The molecule has 2 rings (SSSR count). The molecular formula is C16H27N3O2. The molecule has 118 valence electrons. The number of hydrogen-bond acceptors (Lipinski definition) is 4. The number of amides is 1. The van der Waals surface area contributed by atoms with Crippen LogP contribution in [0.3, 0.4) is 0 Å². The summed E-state index contributed by atoms with van der Waals surface area (Å²) in [6.45, 7) is 9.02. The summed E-state index contributed by atoms with van der Waals surface area (Å²) in [7, 11) is 0. The van der Waals surface area contributed by atoms with Gasteiger partial charge in [0.25, 0.3) is 0 Å². The van der Waals surface area contributed by atoms with Gasteiger partial charge in [-0.05, 0) is 57.5 Å². The Morgan fingerprint density at radius 3 is 2.81 bits per heavy atom. The van der Waals surface area contributed by atoms with Crippen molar-refractivity contribution < 1.29 is 9.21 Å². The molecule has 1 saturated heterocycles. The van der Waals surface area contributed by atoms with Crippen molar-refractivity contribution in [2.45, 2.75) is 39.3 Å². The van der Waals surface area contributed by atoms with Crippen molar-refractivity contribution in [3.63, 3.8) is 0 Å². The van der Waals surface area contributed by atoms with Crippen LogP contribution in [0.1, 0.15) is 32.4 Å². The lowest BCUT2D eigenvalue weighted by molar-refractivity contribution is -0.123. The predicted molar refractivity (Wildman–Crippen MR) is 82.9 cm³/mol. The molecule has 0 aromatic carbocycles. The first kappa shape index (κ1) is 16.0. The van der Waals surface area contributed by atoms with Gasteiger partial charge in [-0.3, -0.25) is 4.79 Å². The molecule has 0 spiro atoms. The topological polar surface area (TPSA) is 57.5 Å². The Kier molecular flexibility index (Phi) is 6.26. The lowest BCUT2D eigenvalue weighted by Gasteiger charge is -2.22. The average Bonchev–Trinajstić information content (AvgIpc) is 3.15. The summed E-state index contributed by atoms with van der Waals surface area (Å²) in [5.74, 6) is 1.35. The van der Waals surface area contributed by atoms with E-state index in [9.17, 15) is 4.79 Å². The molecule has 1 aliphatic heterocycles. The van der Waals surface area contributed by atoms with Crippen molar-refractivity contribution in [3.8, 4) is 0 Å². The average molecular weight is 293 g/mol. The van der Waals surface area contributed by atoms with E-state index in [4.69, 9.17) is 4.42 Å². The summed E-state index contributed by atoms with van der Waals surface area (Å²) in [4.78, 5) is 14.5. The van der Waals surface area contributed by atoms with Gasteiger partial charge in [-0.25, -0.2) is 0 Å². The van der Waals surface area contributed by atoms with E-state index >= 15 is 0 Å². The van der Waals surface area contributed by atoms with Crippen LogP contribution < -0.4 is 10.6 Å². The molecule has 2 N–H and O–H groups in total. The molecule has 21 heavy (non-hydrogen) atoms. The Morgan fingerprint density at radius 2 is 2.14 bits per heavy atom. The summed E-state index contributed by atoms with van der Waals surface area (Å²) >= 11 is 0. The van der Waals surface area contributed by atoms with Crippen molar-refractivity contribution >= 4 is 5.91 Å². The van der Waals surface area contributed by atoms with E-state index in [0.717, 1.165) is 18.8 Å². The Morgan fingerprint density at radius 1 is 1.38 bits per heavy atom. The SMILES string of the molecule is CC(CNC(C)C(=O)NCc1ccco1)CN1CCCC1. The number of hydrogen-bond donors (Lipinski definition) is 2. The lowest BCUT2D eigenvalue weighted by atomic mass is 10.1. The van der Waals surface area contributed by atoms with Crippen molar-refractivity contribution in [2.24, 2.45) is 5.92 Å². The molecule has 0 saturated carbocycles. The largest absolute Gasteiger partial charge is 0.467 e. The highest BCUT2D eigenvalue weighted by Crippen LogP contribution is 2.09. The van der Waals surface area contributed by atoms with Crippen molar-refractivity contribution in [3.05, 3.63) is 24.2 Å². The lowest BCUT2D eigenvalue weighted by Crippen LogP contribution is -2.44. The van der Waals surface area contributed by atoms with Crippen LogP contribution in [-0.2, 0) is 11.3 Å². The number of carbonyl (C=O) groups is 1. The molecule has 5 nitrogen and oxygen atoms in total. The first-order chi connectivity index (χ1) is 10.1. The maximum absolute atomic E-state index is 12.0. The molecule has 0 bridgehead atoms. The van der Waals surface area contributed by atoms with Crippen LogP contribution in [0.2, 0.25) is 0 Å². The fraction of sp³-hybridized carbons (Fsp3) is 0.688. The summed E-state index contributed by atoms with van der Waals surface area (Å²) in [6.07, 6.45) is 4.26. The van der Waals surface area contributed by atoms with E-state index < -0.39 is 0 Å². The first-order valence-electron chi connectivity index (χ1n) is 7.91. The van der Waals surface area contributed by atoms with Gasteiger partial charge in [0.1, 0.15) is 5.76 Å². The summed E-state index contributed by atoms with van der Waals surface area (Å²) in [5.41, 5.74) is 0. The molecule has 1 fully saturated rings. The van der Waals surface area contributed by atoms with E-state index in [1.54, 1.807) is 6.26 Å². The molecule has 1 aromatic rings. The number of rotatable bonds is 8. The van der Waals surface area contributed by atoms with Gasteiger partial charge < -0.3 is 20.0 Å². The molecule has 2 heterocycles. The zero-order chi connectivity index (χ0) is 15.1. The second-order valence-corrected chi connectivity index (χ2v) is 6.04. The zero-order valence-electron chi connectivity index (χ0n) is 13.1. The molecule has 1 aliphatic rings. The van der Waals surface area contributed by atoms with Crippen LogP contribution >= 0.6 is 0 Å². The summed E-state index contributed by atoms with van der Waals surface area (Å²) in [5, 5.41) is 6.19. The third-order valence-corrected chi connectivity index (χ3v) is 3.95. The minimum absolute atomic E-state index is 0.0137. The normalized spacial score (nSPS) is 18.6. The van der Waals surface area contributed by atoms with Crippen LogP contribution in [0.15, 0.2) is 22.8 Å². The summed E-state index contributed by atoms with van der Waals surface area (Å²) in [6, 6.07) is 3.50. The van der Waals surface area contributed by atoms with Crippen LogP contribution in [0.4, 0.5) is 0 Å². The monoisotopic (exact) mass is 293 g/mol. The van der Waals surface area contributed by atoms with Crippen LogP contribution in [0, 0.1) is 5.92 Å². The van der Waals surface area contributed by atoms with Gasteiger partial charge in [-0.1, -0.05) is 6.92 Å². The smallest absolute Gasteiger partial charge is 0.237 e. The van der Waals surface area contributed by atoms with Crippen molar-refractivity contribution in [1.29, 1.82) is 0 Å². The van der Waals surface area contributed by atoms with Crippen molar-refractivity contribution in [1.82, 2.24) is 15.5 Å². The number of nitrogens with zero attached hydrogens (tertiary/aromatic N) is 1. The molecule has 1 amide bonds. The molecular weight excluding hydrogens is 266 g/mol. The zero-order valence-corrected chi connectivity index (χ0v) is 13.1. The maximum atomic E-state index is 12.0. The van der Waals surface area contributed by atoms with Crippen LogP contribution in [0.25, 0.3) is 0 Å². The van der Waals surface area contributed by atoms with E-state index in [1.807, 2.05) is 19.1 Å². The maximum Gasteiger partial charge on any atom is 0.237 e. The fourth-order valence-electron chi connectivity index (χ4n) is 2.68. The Bertz CT molecular complexity index is 413. The summed E-state index contributed by atoms with van der Waals surface area (Å²) < 4.78 is 5.20. The number of furan rings is 1. The number of likely N-dealkylation sites (tertiary alicyclic amines) is 1. The Labute approximate surface area is 127 Å². The second kappa shape index (κ2) is 8.20. The van der Waals surface area contributed by atoms with Gasteiger partial charge in [0.15, 0.2) is 0 Å². The van der Waals surface area contributed by atoms with Crippen molar-refractivity contribution in [2.75, 3.05) is 26.2 Å². The third-order valence-electron chi connectivity index (χ3n) is 3.95. The van der Waals surface area contributed by atoms with E-state index in [0.29, 0.717) is 12.5 Å². The van der Waals surface area contributed by atoms with Crippen LogP contribution in [-0.4, -0.2) is 43.0 Å². The molecule has 1 aromatic heterocycles. The van der Waals surface area contributed by atoms with Gasteiger partial charge in [0, 0.05) is 6.54 Å². The fourth-order valence-corrected chi connectivity index (χ4v) is 2.68. The molecule has 5 heteroatoms. The standard InChI is InChI=1S/C16H27N3O2/c1-13(12-19-7-3-4-8-19)10-17-14(2)16(20)18-11-15-6-5-9-21-15/h5-6,9,13-14,17H,3-4,7-8,10-12H2,1-2H3,(H,18,20). The van der Waals surface area contributed by atoms with Gasteiger partial charge in [-0.2, -0.15) is 0 Å². The second-order valence-electron chi connectivity index (χ2n) is 6.04. The Balaban J connectivity index is 1.61. The first-order valence-corrected chi connectivity index (χ1v) is 7.91. The Hall–Kier alpha value is -1.33. The predicted octanol–water partition coefficient (Wildman–Crippen LogP) is 1.61. The molecule has 2 unspecified atom stereocenters.